The molecule has 0 unspecified atom stereocenters. The van der Waals surface area contributed by atoms with Crippen molar-refractivity contribution in [2.75, 3.05) is 0 Å². The maximum atomic E-state index is 12.6. The van der Waals surface area contributed by atoms with Crippen molar-refractivity contribution in [2.45, 2.75) is 37.3 Å². The Morgan fingerprint density at radius 1 is 0.788 bits per heavy atom. The number of nitrogens with zero attached hydrogens (tertiary/aromatic N) is 2. The lowest BCUT2D eigenvalue weighted by Crippen LogP contribution is -2.44. The maximum Gasteiger partial charge on any atom is 0.250 e. The van der Waals surface area contributed by atoms with E-state index in [1.807, 2.05) is 60.0 Å². The molecular formula is C26H25N3O2S2. The average Bonchev–Trinajstić information content (AvgIpc) is 3.59. The summed E-state index contributed by atoms with van der Waals surface area (Å²) in [6.07, 6.45) is 0. The third kappa shape index (κ3) is 4.63. The third-order valence-electron chi connectivity index (χ3n) is 6.25. The van der Waals surface area contributed by atoms with Gasteiger partial charge in [-0.05, 0) is 34.0 Å². The molecule has 0 aliphatic carbocycles. The fourth-order valence-corrected chi connectivity index (χ4v) is 6.63. The minimum atomic E-state index is -0.761. The Morgan fingerprint density at radius 3 is 1.91 bits per heavy atom. The highest BCUT2D eigenvalue weighted by Crippen LogP contribution is 2.48. The van der Waals surface area contributed by atoms with Crippen molar-refractivity contribution < 1.29 is 4.92 Å². The SMILES string of the molecule is O=[N+]([O-])[C@H]1[C@H](NCc2ccccc2)[C@@H](c2cccs2)N(Cc2ccccc2)[C@@H]1c1cccs1. The molecule has 1 saturated heterocycles. The molecule has 0 saturated carbocycles. The van der Waals surface area contributed by atoms with Crippen LogP contribution in [0.25, 0.3) is 0 Å². The van der Waals surface area contributed by atoms with E-state index in [9.17, 15) is 10.1 Å². The van der Waals surface area contributed by atoms with Crippen LogP contribution in [0.15, 0.2) is 95.7 Å². The van der Waals surface area contributed by atoms with Gasteiger partial charge in [-0.2, -0.15) is 0 Å². The fourth-order valence-electron chi connectivity index (χ4n) is 4.85. The third-order valence-corrected chi connectivity index (χ3v) is 8.14. The predicted molar refractivity (Wildman–Crippen MR) is 134 cm³/mol. The lowest BCUT2D eigenvalue weighted by Gasteiger charge is -2.29. The molecule has 168 valence electrons. The van der Waals surface area contributed by atoms with E-state index >= 15 is 0 Å². The first kappa shape index (κ1) is 22.0. The van der Waals surface area contributed by atoms with Gasteiger partial charge in [0.05, 0.1) is 12.1 Å². The van der Waals surface area contributed by atoms with Crippen molar-refractivity contribution >= 4 is 22.7 Å². The number of thiophene rings is 2. The molecule has 0 bridgehead atoms. The number of likely N-dealkylation sites (tertiary alicyclic amines) is 1. The van der Waals surface area contributed by atoms with Gasteiger partial charge in [-0.3, -0.25) is 15.0 Å². The second kappa shape index (κ2) is 9.97. The molecule has 0 radical (unpaired) electrons. The zero-order valence-electron chi connectivity index (χ0n) is 18.0. The number of rotatable bonds is 8. The Morgan fingerprint density at radius 2 is 1.36 bits per heavy atom. The standard InChI is InChI=1S/C26H25N3O2S2/c30-29(31)26-23(27-17-19-9-3-1-4-10-19)24(21-13-7-15-32-21)28(18-20-11-5-2-6-12-20)25(26)22-14-8-16-33-22/h1-16,23-27H,17-18H2/t23-,24-,25-,26+/m1/s1. The van der Waals surface area contributed by atoms with Gasteiger partial charge in [0, 0.05) is 27.8 Å². The van der Waals surface area contributed by atoms with Gasteiger partial charge in [-0.1, -0.05) is 72.8 Å². The van der Waals surface area contributed by atoms with E-state index in [4.69, 9.17) is 0 Å². The first-order valence-electron chi connectivity index (χ1n) is 11.0. The number of nitro groups is 1. The molecule has 0 amide bonds. The van der Waals surface area contributed by atoms with Gasteiger partial charge >= 0.3 is 0 Å². The summed E-state index contributed by atoms with van der Waals surface area (Å²) < 4.78 is 0. The smallest absolute Gasteiger partial charge is 0.250 e. The van der Waals surface area contributed by atoms with Gasteiger partial charge in [0.1, 0.15) is 6.04 Å². The summed E-state index contributed by atoms with van der Waals surface area (Å²) in [6, 6.07) is 27.1. The topological polar surface area (TPSA) is 58.4 Å². The van der Waals surface area contributed by atoms with Crippen molar-refractivity contribution in [3.63, 3.8) is 0 Å². The second-order valence-electron chi connectivity index (χ2n) is 8.25. The van der Waals surface area contributed by atoms with Crippen LogP contribution in [0.2, 0.25) is 0 Å². The van der Waals surface area contributed by atoms with E-state index in [0.29, 0.717) is 13.1 Å². The first-order valence-corrected chi connectivity index (χ1v) is 12.8. The molecule has 2 aromatic carbocycles. The van der Waals surface area contributed by atoms with E-state index in [-0.39, 0.29) is 23.0 Å². The molecule has 1 aliphatic heterocycles. The van der Waals surface area contributed by atoms with Gasteiger partial charge in [-0.15, -0.1) is 22.7 Å². The van der Waals surface area contributed by atoms with Gasteiger partial charge in [0.25, 0.3) is 0 Å². The second-order valence-corrected chi connectivity index (χ2v) is 10.2. The molecule has 1 fully saturated rings. The first-order chi connectivity index (χ1) is 16.2. The van der Waals surface area contributed by atoms with Gasteiger partial charge < -0.3 is 5.32 Å². The summed E-state index contributed by atoms with van der Waals surface area (Å²) in [5.74, 6) is 0. The summed E-state index contributed by atoms with van der Waals surface area (Å²) in [6.45, 7) is 1.24. The minimum absolute atomic E-state index is 0.0708. The summed E-state index contributed by atoms with van der Waals surface area (Å²) in [5.41, 5.74) is 2.28. The molecule has 3 heterocycles. The summed E-state index contributed by atoms with van der Waals surface area (Å²) in [5, 5.41) is 20.3. The van der Waals surface area contributed by atoms with Crippen molar-refractivity contribution in [3.8, 4) is 0 Å². The fraction of sp³-hybridized carbons (Fsp3) is 0.231. The van der Waals surface area contributed by atoms with Crippen LogP contribution in [0.5, 0.6) is 0 Å². The molecule has 4 aromatic rings. The highest BCUT2D eigenvalue weighted by atomic mass is 32.1. The molecule has 1 aliphatic rings. The molecule has 7 heteroatoms. The van der Waals surface area contributed by atoms with Crippen LogP contribution in [0.3, 0.4) is 0 Å². The van der Waals surface area contributed by atoms with Crippen molar-refractivity contribution in [1.29, 1.82) is 0 Å². The molecular weight excluding hydrogens is 450 g/mol. The predicted octanol–water partition coefficient (Wildman–Crippen LogP) is 5.91. The lowest BCUT2D eigenvalue weighted by molar-refractivity contribution is -0.529. The van der Waals surface area contributed by atoms with Crippen LogP contribution >= 0.6 is 22.7 Å². The number of hydrogen-bond donors (Lipinski definition) is 1. The molecule has 5 rings (SSSR count). The maximum absolute atomic E-state index is 12.6. The quantitative estimate of drug-likeness (QED) is 0.254. The zero-order valence-corrected chi connectivity index (χ0v) is 19.6. The normalized spacial score (nSPS) is 23.0. The number of benzene rings is 2. The van der Waals surface area contributed by atoms with Crippen molar-refractivity contribution in [1.82, 2.24) is 10.2 Å². The Kier molecular flexibility index (Phi) is 6.64. The molecule has 2 aromatic heterocycles. The van der Waals surface area contributed by atoms with Crippen LogP contribution in [0.4, 0.5) is 0 Å². The van der Waals surface area contributed by atoms with E-state index in [1.165, 1.54) is 0 Å². The molecule has 1 N–H and O–H groups in total. The summed E-state index contributed by atoms with van der Waals surface area (Å²) >= 11 is 3.27. The minimum Gasteiger partial charge on any atom is -0.302 e. The van der Waals surface area contributed by atoms with Gasteiger partial charge in [0.2, 0.25) is 6.04 Å². The monoisotopic (exact) mass is 475 g/mol. The van der Waals surface area contributed by atoms with Crippen LogP contribution in [0, 0.1) is 10.1 Å². The Hall–Kier alpha value is -2.84. The highest BCUT2D eigenvalue weighted by Gasteiger charge is 2.57. The van der Waals surface area contributed by atoms with E-state index in [2.05, 4.69) is 45.9 Å². The largest absolute Gasteiger partial charge is 0.302 e. The number of hydrogen-bond acceptors (Lipinski definition) is 6. The van der Waals surface area contributed by atoms with Crippen LogP contribution in [0.1, 0.15) is 33.0 Å². The average molecular weight is 476 g/mol. The molecule has 5 nitrogen and oxygen atoms in total. The van der Waals surface area contributed by atoms with Gasteiger partial charge in [-0.25, -0.2) is 0 Å². The molecule has 4 atom stereocenters. The van der Waals surface area contributed by atoms with E-state index in [1.54, 1.807) is 22.7 Å². The highest BCUT2D eigenvalue weighted by molar-refractivity contribution is 7.10. The Bertz CT molecular complexity index is 1150. The Labute approximate surface area is 201 Å². The number of nitrogens with one attached hydrogen (secondary N) is 1. The summed E-state index contributed by atoms with van der Waals surface area (Å²) in [4.78, 5) is 17.0. The lowest BCUT2D eigenvalue weighted by atomic mass is 10.00. The van der Waals surface area contributed by atoms with Crippen LogP contribution in [-0.2, 0) is 13.1 Å². The molecule has 0 spiro atoms. The van der Waals surface area contributed by atoms with Crippen LogP contribution < -0.4 is 5.32 Å². The van der Waals surface area contributed by atoms with Crippen molar-refractivity contribution in [2.24, 2.45) is 0 Å². The van der Waals surface area contributed by atoms with Gasteiger partial charge in [0.15, 0.2) is 0 Å². The van der Waals surface area contributed by atoms with E-state index < -0.39 is 6.04 Å². The zero-order chi connectivity index (χ0) is 22.6. The van der Waals surface area contributed by atoms with Crippen LogP contribution in [-0.4, -0.2) is 21.9 Å². The molecule has 33 heavy (non-hydrogen) atoms. The van der Waals surface area contributed by atoms with Crippen molar-refractivity contribution in [3.05, 3.63) is 127 Å². The Balaban J connectivity index is 1.58. The van der Waals surface area contributed by atoms with E-state index in [0.717, 1.165) is 20.9 Å². The summed E-state index contributed by atoms with van der Waals surface area (Å²) in [7, 11) is 0.